The fourth-order valence-electron chi connectivity index (χ4n) is 1.26. The van der Waals surface area contributed by atoms with E-state index in [4.69, 9.17) is 11.6 Å². The zero-order valence-electron chi connectivity index (χ0n) is 9.10. The first-order valence-electron chi connectivity index (χ1n) is 4.84. The Morgan fingerprint density at radius 1 is 1.40 bits per heavy atom. The van der Waals surface area contributed by atoms with Gasteiger partial charge in [0.1, 0.15) is 0 Å². The summed E-state index contributed by atoms with van der Waals surface area (Å²) in [5.41, 5.74) is 8.01. The first-order valence-corrected chi connectivity index (χ1v) is 4.84. The number of benzene rings is 1. The van der Waals surface area contributed by atoms with E-state index in [9.17, 15) is 4.79 Å². The molecular formula is C11H17N3O. The standard InChI is InChI=1S/C11H17N3O/c1-8-3-5-9(6-4-8)10(12)7-11(15)14(2)13/h3-6,10H,7,12-13H2,1-2H3. The number of hydrogen-bond donors (Lipinski definition) is 2. The van der Waals surface area contributed by atoms with Crippen LogP contribution in [-0.4, -0.2) is 18.0 Å². The number of carbonyl (C=O) groups is 1. The Kier molecular flexibility index (Phi) is 3.82. The number of amides is 1. The number of nitrogens with zero attached hydrogens (tertiary/aromatic N) is 1. The molecular weight excluding hydrogens is 190 g/mol. The van der Waals surface area contributed by atoms with Gasteiger partial charge in [0.15, 0.2) is 0 Å². The van der Waals surface area contributed by atoms with Crippen LogP contribution in [0.15, 0.2) is 24.3 Å². The minimum Gasteiger partial charge on any atom is -0.324 e. The van der Waals surface area contributed by atoms with E-state index in [0.717, 1.165) is 10.6 Å². The van der Waals surface area contributed by atoms with Crippen LogP contribution in [0.1, 0.15) is 23.6 Å². The molecule has 0 spiro atoms. The largest absolute Gasteiger partial charge is 0.324 e. The molecule has 1 rings (SSSR count). The molecule has 4 N–H and O–H groups in total. The van der Waals surface area contributed by atoms with E-state index >= 15 is 0 Å². The summed E-state index contributed by atoms with van der Waals surface area (Å²) in [5, 5.41) is 1.06. The number of carbonyl (C=O) groups excluding carboxylic acids is 1. The van der Waals surface area contributed by atoms with Crippen LogP contribution < -0.4 is 11.6 Å². The highest BCUT2D eigenvalue weighted by molar-refractivity contribution is 5.76. The average Bonchev–Trinajstić information content (AvgIpc) is 2.18. The van der Waals surface area contributed by atoms with Crippen molar-refractivity contribution in [2.45, 2.75) is 19.4 Å². The Labute approximate surface area is 89.8 Å². The monoisotopic (exact) mass is 207 g/mol. The lowest BCUT2D eigenvalue weighted by Gasteiger charge is -2.15. The molecule has 0 aliphatic rings. The van der Waals surface area contributed by atoms with Gasteiger partial charge in [0, 0.05) is 19.5 Å². The van der Waals surface area contributed by atoms with Crippen molar-refractivity contribution < 1.29 is 4.79 Å². The molecule has 82 valence electrons. The van der Waals surface area contributed by atoms with Crippen LogP contribution in [0.5, 0.6) is 0 Å². The van der Waals surface area contributed by atoms with E-state index in [1.807, 2.05) is 31.2 Å². The summed E-state index contributed by atoms with van der Waals surface area (Å²) in [7, 11) is 1.52. The normalized spacial score (nSPS) is 12.3. The molecule has 0 aromatic heterocycles. The fourth-order valence-corrected chi connectivity index (χ4v) is 1.26. The van der Waals surface area contributed by atoms with Gasteiger partial charge in [0.2, 0.25) is 5.91 Å². The minimum absolute atomic E-state index is 0.164. The number of hydrogen-bond acceptors (Lipinski definition) is 3. The van der Waals surface area contributed by atoms with E-state index in [1.54, 1.807) is 0 Å². The number of hydrazine groups is 1. The van der Waals surface area contributed by atoms with Gasteiger partial charge in [0.25, 0.3) is 0 Å². The second kappa shape index (κ2) is 4.91. The lowest BCUT2D eigenvalue weighted by atomic mass is 10.0. The third-order valence-corrected chi connectivity index (χ3v) is 2.29. The predicted octanol–water partition coefficient (Wildman–Crippen LogP) is 0.717. The zero-order valence-corrected chi connectivity index (χ0v) is 9.10. The maximum atomic E-state index is 11.3. The molecule has 1 amide bonds. The van der Waals surface area contributed by atoms with Gasteiger partial charge in [-0.2, -0.15) is 0 Å². The van der Waals surface area contributed by atoms with E-state index in [2.05, 4.69) is 0 Å². The van der Waals surface area contributed by atoms with E-state index in [1.165, 1.54) is 12.6 Å². The fraction of sp³-hybridized carbons (Fsp3) is 0.364. The molecule has 4 nitrogen and oxygen atoms in total. The maximum absolute atomic E-state index is 11.3. The van der Waals surface area contributed by atoms with Crippen LogP contribution in [0, 0.1) is 6.92 Å². The predicted molar refractivity (Wildman–Crippen MR) is 59.7 cm³/mol. The minimum atomic E-state index is -0.288. The Balaban J connectivity index is 2.65. The lowest BCUT2D eigenvalue weighted by Crippen LogP contribution is -2.35. The average molecular weight is 207 g/mol. The molecule has 1 atom stereocenters. The molecule has 0 aliphatic heterocycles. The van der Waals surface area contributed by atoms with Crippen molar-refractivity contribution >= 4 is 5.91 Å². The molecule has 0 aliphatic carbocycles. The molecule has 15 heavy (non-hydrogen) atoms. The number of aryl methyl sites for hydroxylation is 1. The molecule has 0 heterocycles. The van der Waals surface area contributed by atoms with Crippen LogP contribution in [0.25, 0.3) is 0 Å². The molecule has 0 saturated carbocycles. The summed E-state index contributed by atoms with van der Waals surface area (Å²) in [6, 6.07) is 7.54. The van der Waals surface area contributed by atoms with E-state index < -0.39 is 0 Å². The second-order valence-corrected chi connectivity index (χ2v) is 3.73. The van der Waals surface area contributed by atoms with Crippen LogP contribution in [0.4, 0.5) is 0 Å². The third-order valence-electron chi connectivity index (χ3n) is 2.29. The number of rotatable bonds is 3. The first kappa shape index (κ1) is 11.7. The van der Waals surface area contributed by atoms with Gasteiger partial charge in [-0.05, 0) is 12.5 Å². The van der Waals surface area contributed by atoms with Crippen molar-refractivity contribution in [2.75, 3.05) is 7.05 Å². The quantitative estimate of drug-likeness (QED) is 0.436. The van der Waals surface area contributed by atoms with Crippen molar-refractivity contribution in [3.63, 3.8) is 0 Å². The summed E-state index contributed by atoms with van der Waals surface area (Å²) < 4.78 is 0. The SMILES string of the molecule is Cc1ccc(C(N)CC(=O)N(C)N)cc1. The van der Waals surface area contributed by atoms with Crippen molar-refractivity contribution in [3.05, 3.63) is 35.4 Å². The zero-order chi connectivity index (χ0) is 11.4. The number of nitrogens with two attached hydrogens (primary N) is 2. The van der Waals surface area contributed by atoms with Crippen LogP contribution >= 0.6 is 0 Å². The van der Waals surface area contributed by atoms with Crippen LogP contribution in [0.2, 0.25) is 0 Å². The summed E-state index contributed by atoms with van der Waals surface area (Å²) in [4.78, 5) is 11.3. The van der Waals surface area contributed by atoms with Crippen molar-refractivity contribution in [1.29, 1.82) is 0 Å². The molecule has 1 aromatic carbocycles. The van der Waals surface area contributed by atoms with Gasteiger partial charge in [-0.25, -0.2) is 5.84 Å². The molecule has 0 radical (unpaired) electrons. The third kappa shape index (κ3) is 3.34. The molecule has 0 saturated heterocycles. The summed E-state index contributed by atoms with van der Waals surface area (Å²) in [5.74, 6) is 5.15. The smallest absolute Gasteiger partial charge is 0.238 e. The lowest BCUT2D eigenvalue weighted by molar-refractivity contribution is -0.130. The van der Waals surface area contributed by atoms with Crippen LogP contribution in [-0.2, 0) is 4.79 Å². The summed E-state index contributed by atoms with van der Waals surface area (Å²) >= 11 is 0. The highest BCUT2D eigenvalue weighted by Crippen LogP contribution is 2.14. The highest BCUT2D eigenvalue weighted by atomic mass is 16.2. The van der Waals surface area contributed by atoms with Crippen molar-refractivity contribution in [3.8, 4) is 0 Å². The van der Waals surface area contributed by atoms with Crippen LogP contribution in [0.3, 0.4) is 0 Å². The Morgan fingerprint density at radius 2 is 1.93 bits per heavy atom. The molecule has 0 bridgehead atoms. The Morgan fingerprint density at radius 3 is 2.40 bits per heavy atom. The summed E-state index contributed by atoms with van der Waals surface area (Å²) in [6.45, 7) is 2.01. The topological polar surface area (TPSA) is 72.4 Å². The van der Waals surface area contributed by atoms with Gasteiger partial charge < -0.3 is 5.73 Å². The van der Waals surface area contributed by atoms with E-state index in [0.29, 0.717) is 0 Å². The molecule has 1 unspecified atom stereocenters. The first-order chi connectivity index (χ1) is 7.00. The Bertz CT molecular complexity index is 332. The molecule has 0 fully saturated rings. The summed E-state index contributed by atoms with van der Waals surface area (Å²) in [6.07, 6.45) is 0.232. The molecule has 1 aromatic rings. The molecule has 4 heteroatoms. The van der Waals surface area contributed by atoms with Crippen molar-refractivity contribution in [1.82, 2.24) is 5.01 Å². The van der Waals surface area contributed by atoms with Gasteiger partial charge in [-0.3, -0.25) is 9.80 Å². The highest BCUT2D eigenvalue weighted by Gasteiger charge is 2.12. The second-order valence-electron chi connectivity index (χ2n) is 3.73. The van der Waals surface area contributed by atoms with Crippen molar-refractivity contribution in [2.24, 2.45) is 11.6 Å². The van der Waals surface area contributed by atoms with Gasteiger partial charge in [-0.1, -0.05) is 29.8 Å². The maximum Gasteiger partial charge on any atom is 0.238 e. The van der Waals surface area contributed by atoms with Gasteiger partial charge in [0.05, 0.1) is 0 Å². The Hall–Kier alpha value is -1.39. The van der Waals surface area contributed by atoms with Gasteiger partial charge in [-0.15, -0.1) is 0 Å². The van der Waals surface area contributed by atoms with Gasteiger partial charge >= 0.3 is 0 Å². The van der Waals surface area contributed by atoms with E-state index in [-0.39, 0.29) is 18.4 Å².